The Morgan fingerprint density at radius 1 is 0.827 bits per heavy atom. The lowest BCUT2D eigenvalue weighted by atomic mass is 9.72. The van der Waals surface area contributed by atoms with Gasteiger partial charge < -0.3 is 4.74 Å². The van der Waals surface area contributed by atoms with Gasteiger partial charge >= 0.3 is 0 Å². The molecule has 0 saturated heterocycles. The van der Waals surface area contributed by atoms with Crippen LogP contribution in [0.25, 0.3) is 40.7 Å². The number of thiophene rings is 2. The van der Waals surface area contributed by atoms with Gasteiger partial charge in [0.1, 0.15) is 11.4 Å². The Morgan fingerprint density at radius 2 is 1.65 bits per heavy atom. The highest BCUT2D eigenvalue weighted by atomic mass is 32.1. The van der Waals surface area contributed by atoms with Gasteiger partial charge in [0.2, 0.25) is 5.82 Å². The number of benzene rings is 2. The van der Waals surface area contributed by atoms with Crippen molar-refractivity contribution in [3.8, 4) is 34.5 Å². The van der Waals surface area contributed by atoms with E-state index in [-0.39, 0.29) is 5.41 Å². The molecule has 256 valence electrons. The molecule has 14 heteroatoms. The fraction of sp³-hybridized carbons (Fsp3) is 0.132. The quantitative estimate of drug-likeness (QED) is 0.168. The molecular weight excluding hydrogens is 709 g/mol. The first-order chi connectivity index (χ1) is 25.7. The zero-order valence-corrected chi connectivity index (χ0v) is 30.2. The van der Waals surface area contributed by atoms with E-state index in [1.165, 1.54) is 21.0 Å². The van der Waals surface area contributed by atoms with E-state index in [4.69, 9.17) is 9.84 Å². The molecular formula is C38H30N10OS3. The summed E-state index contributed by atoms with van der Waals surface area (Å²) in [6, 6.07) is 29.4. The zero-order valence-electron chi connectivity index (χ0n) is 27.7. The number of methoxy groups -OCH3 is 1. The summed E-state index contributed by atoms with van der Waals surface area (Å²) in [5, 5.41) is 31.3. The normalized spacial score (nSPS) is 17.3. The Kier molecular flexibility index (Phi) is 8.46. The summed E-state index contributed by atoms with van der Waals surface area (Å²) >= 11 is 4.71. The van der Waals surface area contributed by atoms with Gasteiger partial charge in [0, 0.05) is 45.3 Å². The number of aromatic nitrogens is 10. The van der Waals surface area contributed by atoms with Crippen LogP contribution in [0.3, 0.4) is 0 Å². The maximum Gasteiger partial charge on any atom is 0.255 e. The van der Waals surface area contributed by atoms with E-state index in [9.17, 15) is 0 Å². The van der Waals surface area contributed by atoms with Crippen LogP contribution >= 0.6 is 34.4 Å². The molecule has 2 aliphatic carbocycles. The summed E-state index contributed by atoms with van der Waals surface area (Å²) in [4.78, 5) is 2.68. The molecule has 11 nitrogen and oxygen atoms in total. The number of ether oxygens (including phenoxy) is 1. The largest absolute Gasteiger partial charge is 0.479 e. The second kappa shape index (κ2) is 13.7. The summed E-state index contributed by atoms with van der Waals surface area (Å²) in [6.07, 6.45) is 10.5. The van der Waals surface area contributed by atoms with Crippen molar-refractivity contribution in [1.29, 1.82) is 0 Å². The smallest absolute Gasteiger partial charge is 0.255 e. The highest BCUT2D eigenvalue weighted by Crippen LogP contribution is 2.45. The van der Waals surface area contributed by atoms with Gasteiger partial charge in [0.15, 0.2) is 5.69 Å². The topological polar surface area (TPSA) is 136 Å². The van der Waals surface area contributed by atoms with E-state index in [0.29, 0.717) is 23.3 Å². The second-order valence-corrected chi connectivity index (χ2v) is 14.7. The van der Waals surface area contributed by atoms with Crippen molar-refractivity contribution in [3.05, 3.63) is 146 Å². The molecule has 6 heterocycles. The average Bonchev–Trinajstić information content (AvgIpc) is 4.05. The molecule has 0 radical (unpaired) electrons. The maximum absolute atomic E-state index is 5.33. The molecule has 2 atom stereocenters. The predicted octanol–water partition coefficient (Wildman–Crippen LogP) is 8.02. The number of tetrazole rings is 1. The summed E-state index contributed by atoms with van der Waals surface area (Å²) in [5.41, 5.74) is 8.75. The first-order valence-corrected chi connectivity index (χ1v) is 19.1. The number of para-hydroxylation sites is 1. The van der Waals surface area contributed by atoms with Crippen LogP contribution in [0.4, 0.5) is 0 Å². The molecule has 0 saturated carbocycles. The van der Waals surface area contributed by atoms with E-state index in [2.05, 4.69) is 141 Å². The van der Waals surface area contributed by atoms with Gasteiger partial charge in [-0.15, -0.1) is 37.2 Å². The third kappa shape index (κ3) is 5.70. The van der Waals surface area contributed by atoms with Crippen molar-refractivity contribution in [2.75, 3.05) is 7.11 Å². The lowest BCUT2D eigenvalue weighted by molar-refractivity contribution is 0.403. The van der Waals surface area contributed by atoms with Gasteiger partial charge in [-0.3, -0.25) is 5.10 Å². The van der Waals surface area contributed by atoms with E-state index in [1.807, 2.05) is 22.9 Å². The molecule has 2 N–H and O–H groups in total. The standard InChI is InChI=1S/C20H16N4OS2.C18H14N6S/c1-25-19-18(23-27-24-19)17-14-9-10-20(12-15(14)21-22-17,16-8-5-11-26-16)13-6-3-2-4-7-13;1-2-5-13(6-3-1)24-15-11-12(16-7-4-10-25-16)8-9-14(15)17(21-24)18-19-22-23-20-18/h2-11H,12H2,1H3,(H,21,22);1-10,12H,11H2,(H,19,20,22,23). The molecule has 2 aliphatic rings. The van der Waals surface area contributed by atoms with Crippen molar-refractivity contribution >= 4 is 46.6 Å². The van der Waals surface area contributed by atoms with Crippen molar-refractivity contribution in [2.24, 2.45) is 0 Å². The minimum Gasteiger partial charge on any atom is -0.479 e. The maximum atomic E-state index is 5.33. The first-order valence-electron chi connectivity index (χ1n) is 16.6. The van der Waals surface area contributed by atoms with Gasteiger partial charge in [-0.05, 0) is 45.8 Å². The number of aromatic amines is 2. The summed E-state index contributed by atoms with van der Waals surface area (Å²) in [5.74, 6) is 1.40. The second-order valence-electron chi connectivity index (χ2n) is 12.3. The van der Waals surface area contributed by atoms with E-state index in [1.54, 1.807) is 29.8 Å². The van der Waals surface area contributed by atoms with Gasteiger partial charge in [-0.1, -0.05) is 85.0 Å². The van der Waals surface area contributed by atoms with E-state index >= 15 is 0 Å². The number of nitrogens with one attached hydrogen (secondary N) is 2. The van der Waals surface area contributed by atoms with Crippen molar-refractivity contribution in [2.45, 2.75) is 24.2 Å². The third-order valence-electron chi connectivity index (χ3n) is 9.40. The van der Waals surface area contributed by atoms with Gasteiger partial charge in [-0.25, -0.2) is 4.68 Å². The fourth-order valence-corrected chi connectivity index (χ4v) is 9.17. The molecule has 8 aromatic rings. The minimum atomic E-state index is -0.198. The van der Waals surface area contributed by atoms with Crippen molar-refractivity contribution in [3.63, 3.8) is 0 Å². The van der Waals surface area contributed by atoms with E-state index < -0.39 is 0 Å². The predicted molar refractivity (Wildman–Crippen MR) is 205 cm³/mol. The lowest BCUT2D eigenvalue weighted by Gasteiger charge is -2.33. The number of allylic oxidation sites excluding steroid dienone is 2. The molecule has 0 spiro atoms. The molecule has 0 amide bonds. The number of fused-ring (bicyclic) bond motifs is 2. The van der Waals surface area contributed by atoms with Gasteiger partial charge in [-0.2, -0.15) is 19.8 Å². The Morgan fingerprint density at radius 3 is 2.40 bits per heavy atom. The number of hydrogen-bond acceptors (Lipinski definition) is 11. The Balaban J connectivity index is 0.000000139. The Bertz CT molecular complexity index is 2460. The van der Waals surface area contributed by atoms with Crippen LogP contribution in [0.1, 0.15) is 43.8 Å². The molecule has 0 fully saturated rings. The van der Waals surface area contributed by atoms with Crippen LogP contribution < -0.4 is 4.74 Å². The minimum absolute atomic E-state index is 0.198. The fourth-order valence-electron chi connectivity index (χ4n) is 6.91. The zero-order chi connectivity index (χ0) is 34.9. The molecule has 2 aromatic carbocycles. The molecule has 0 aliphatic heterocycles. The number of hydrogen-bond donors (Lipinski definition) is 2. The summed E-state index contributed by atoms with van der Waals surface area (Å²) < 4.78 is 15.9. The summed E-state index contributed by atoms with van der Waals surface area (Å²) in [7, 11) is 1.60. The average molecular weight is 739 g/mol. The van der Waals surface area contributed by atoms with Crippen LogP contribution in [-0.4, -0.2) is 56.5 Å². The highest BCUT2D eigenvalue weighted by Gasteiger charge is 2.38. The molecule has 10 rings (SSSR count). The third-order valence-corrected chi connectivity index (χ3v) is 12.0. The van der Waals surface area contributed by atoms with Crippen LogP contribution in [-0.2, 0) is 18.3 Å². The van der Waals surface area contributed by atoms with Crippen molar-refractivity contribution in [1.82, 2.24) is 49.3 Å². The van der Waals surface area contributed by atoms with Crippen molar-refractivity contribution < 1.29 is 4.74 Å². The lowest BCUT2D eigenvalue weighted by Crippen LogP contribution is -2.29. The van der Waals surface area contributed by atoms with Crippen LogP contribution in [0, 0.1) is 0 Å². The van der Waals surface area contributed by atoms with Crippen LogP contribution in [0.5, 0.6) is 5.88 Å². The van der Waals surface area contributed by atoms with Crippen LogP contribution in [0.2, 0.25) is 0 Å². The Labute approximate surface area is 310 Å². The first kappa shape index (κ1) is 32.1. The molecule has 0 bridgehead atoms. The molecule has 2 unspecified atom stereocenters. The monoisotopic (exact) mass is 738 g/mol. The van der Waals surface area contributed by atoms with Gasteiger partial charge in [0.25, 0.3) is 5.88 Å². The highest BCUT2D eigenvalue weighted by molar-refractivity contribution is 7.10. The van der Waals surface area contributed by atoms with E-state index in [0.717, 1.165) is 58.5 Å². The summed E-state index contributed by atoms with van der Waals surface area (Å²) in [6.45, 7) is 0. The SMILES string of the molecule is C1=CC(c2cccs2)Cc2c1c(-c1nn[nH]n1)nn2-c1ccccc1.COc1nsnc1-c1n[nH]c2c1C=CC(c1ccccc1)(c1cccs1)C2. The number of nitrogens with zero attached hydrogens (tertiary/aromatic N) is 8. The van der Waals surface area contributed by atoms with Crippen LogP contribution in [0.15, 0.2) is 108 Å². The van der Waals surface area contributed by atoms with Gasteiger partial charge in [0.05, 0.1) is 35.6 Å². The number of rotatable bonds is 7. The molecule has 6 aromatic heterocycles. The number of H-pyrrole nitrogens is 2. The Hall–Kier alpha value is -5.83. The molecule has 52 heavy (non-hydrogen) atoms.